The van der Waals surface area contributed by atoms with Crippen LogP contribution < -0.4 is 5.32 Å². The third-order valence-corrected chi connectivity index (χ3v) is 3.46. The number of aromatic nitrogens is 2. The number of nitrogens with one attached hydrogen (secondary N) is 1. The number of ether oxygens (including phenoxy) is 1. The third-order valence-electron chi connectivity index (χ3n) is 3.46. The second-order valence-electron chi connectivity index (χ2n) is 4.79. The van der Waals surface area contributed by atoms with Crippen LogP contribution in [-0.2, 0) is 11.3 Å². The van der Waals surface area contributed by atoms with Crippen LogP contribution in [-0.4, -0.2) is 29.0 Å². The summed E-state index contributed by atoms with van der Waals surface area (Å²) in [5, 5.41) is 7.85. The van der Waals surface area contributed by atoms with E-state index in [2.05, 4.69) is 35.0 Å². The second kappa shape index (κ2) is 6.17. The Kier molecular flexibility index (Phi) is 4.57. The first-order valence-corrected chi connectivity index (χ1v) is 6.66. The molecule has 0 aliphatic carbocycles. The van der Waals surface area contributed by atoms with E-state index in [-0.39, 0.29) is 0 Å². The molecule has 0 unspecified atom stereocenters. The molecule has 0 amide bonds. The minimum Gasteiger partial charge on any atom is -0.377 e. The Labute approximate surface area is 103 Å². The average Bonchev–Trinajstić information content (AvgIpc) is 2.99. The lowest BCUT2D eigenvalue weighted by molar-refractivity contribution is 0.109. The van der Waals surface area contributed by atoms with Crippen molar-refractivity contribution in [2.45, 2.75) is 51.8 Å². The fraction of sp³-hybridized carbons (Fsp3) is 0.769. The van der Waals surface area contributed by atoms with E-state index in [1.165, 1.54) is 18.5 Å². The molecular formula is C13H23N3O. The largest absolute Gasteiger partial charge is 0.377 e. The summed E-state index contributed by atoms with van der Waals surface area (Å²) in [6.45, 7) is 7.15. The average molecular weight is 237 g/mol. The van der Waals surface area contributed by atoms with E-state index < -0.39 is 0 Å². The number of nitrogens with zero attached hydrogens (tertiary/aromatic N) is 2. The van der Waals surface area contributed by atoms with Gasteiger partial charge in [0.15, 0.2) is 0 Å². The molecule has 0 radical (unpaired) electrons. The van der Waals surface area contributed by atoms with E-state index in [1.54, 1.807) is 0 Å². The molecule has 2 rings (SSSR count). The van der Waals surface area contributed by atoms with Crippen LogP contribution >= 0.6 is 0 Å². The molecule has 4 nitrogen and oxygen atoms in total. The van der Waals surface area contributed by atoms with Crippen molar-refractivity contribution in [2.24, 2.45) is 0 Å². The summed E-state index contributed by atoms with van der Waals surface area (Å²) in [5.41, 5.74) is 1.26. The van der Waals surface area contributed by atoms with E-state index in [0.29, 0.717) is 12.1 Å². The Morgan fingerprint density at radius 2 is 2.53 bits per heavy atom. The smallest absolute Gasteiger partial charge is 0.0700 e. The monoisotopic (exact) mass is 237 g/mol. The van der Waals surface area contributed by atoms with Crippen molar-refractivity contribution in [1.82, 2.24) is 15.1 Å². The van der Waals surface area contributed by atoms with Crippen LogP contribution in [0.1, 0.15) is 44.8 Å². The van der Waals surface area contributed by atoms with Gasteiger partial charge in [0.2, 0.25) is 0 Å². The van der Waals surface area contributed by atoms with Gasteiger partial charge in [-0.05, 0) is 32.3 Å². The highest BCUT2D eigenvalue weighted by Gasteiger charge is 2.15. The van der Waals surface area contributed by atoms with Gasteiger partial charge in [0.1, 0.15) is 0 Å². The highest BCUT2D eigenvalue weighted by Crippen LogP contribution is 2.13. The molecule has 17 heavy (non-hydrogen) atoms. The molecule has 1 fully saturated rings. The Balaban J connectivity index is 1.79. The normalized spacial score (nSPS) is 21.9. The zero-order valence-electron chi connectivity index (χ0n) is 10.9. The van der Waals surface area contributed by atoms with Gasteiger partial charge in [0, 0.05) is 31.9 Å². The van der Waals surface area contributed by atoms with Gasteiger partial charge in [-0.25, -0.2) is 0 Å². The first kappa shape index (κ1) is 12.6. The maximum Gasteiger partial charge on any atom is 0.0700 e. The summed E-state index contributed by atoms with van der Waals surface area (Å²) in [5.74, 6) is 0. The van der Waals surface area contributed by atoms with Gasteiger partial charge in [0.25, 0.3) is 0 Å². The van der Waals surface area contributed by atoms with Gasteiger partial charge in [-0.1, -0.05) is 6.92 Å². The predicted molar refractivity (Wildman–Crippen MR) is 67.9 cm³/mol. The van der Waals surface area contributed by atoms with Crippen LogP contribution in [0.15, 0.2) is 12.3 Å². The van der Waals surface area contributed by atoms with Crippen molar-refractivity contribution < 1.29 is 4.74 Å². The van der Waals surface area contributed by atoms with Crippen LogP contribution in [0.5, 0.6) is 0 Å². The van der Waals surface area contributed by atoms with Crippen LogP contribution in [0.2, 0.25) is 0 Å². The van der Waals surface area contributed by atoms with Gasteiger partial charge in [-0.3, -0.25) is 4.68 Å². The van der Waals surface area contributed by atoms with Gasteiger partial charge < -0.3 is 10.1 Å². The lowest BCUT2D eigenvalue weighted by Gasteiger charge is -2.15. The Bertz CT molecular complexity index is 331. The minimum absolute atomic E-state index is 0.412. The van der Waals surface area contributed by atoms with E-state index in [4.69, 9.17) is 4.74 Å². The highest BCUT2D eigenvalue weighted by atomic mass is 16.5. The van der Waals surface area contributed by atoms with Gasteiger partial charge in [-0.15, -0.1) is 0 Å². The number of rotatable bonds is 6. The molecule has 1 saturated heterocycles. The maximum absolute atomic E-state index is 5.59. The summed E-state index contributed by atoms with van der Waals surface area (Å²) < 4.78 is 7.70. The molecule has 0 bridgehead atoms. The first-order chi connectivity index (χ1) is 8.31. The van der Waals surface area contributed by atoms with Gasteiger partial charge >= 0.3 is 0 Å². The zero-order chi connectivity index (χ0) is 12.1. The molecule has 0 spiro atoms. The second-order valence-corrected chi connectivity index (χ2v) is 4.79. The van der Waals surface area contributed by atoms with Crippen LogP contribution in [0.3, 0.4) is 0 Å². The van der Waals surface area contributed by atoms with Crippen molar-refractivity contribution in [2.75, 3.05) is 13.2 Å². The summed E-state index contributed by atoms with van der Waals surface area (Å²) in [4.78, 5) is 0. The quantitative estimate of drug-likeness (QED) is 0.823. The fourth-order valence-electron chi connectivity index (χ4n) is 2.22. The summed E-state index contributed by atoms with van der Waals surface area (Å²) in [6, 6.07) is 2.57. The molecule has 1 aromatic rings. The molecule has 1 aromatic heterocycles. The van der Waals surface area contributed by atoms with Crippen LogP contribution in [0.4, 0.5) is 0 Å². The van der Waals surface area contributed by atoms with Gasteiger partial charge in [-0.2, -0.15) is 5.10 Å². The summed E-state index contributed by atoms with van der Waals surface area (Å²) in [6.07, 6.45) is 5.81. The van der Waals surface area contributed by atoms with Crippen molar-refractivity contribution >= 4 is 0 Å². The van der Waals surface area contributed by atoms with Gasteiger partial charge in [0.05, 0.1) is 11.8 Å². The molecule has 4 heteroatoms. The highest BCUT2D eigenvalue weighted by molar-refractivity contribution is 5.01. The zero-order valence-corrected chi connectivity index (χ0v) is 10.9. The summed E-state index contributed by atoms with van der Waals surface area (Å²) in [7, 11) is 0. The maximum atomic E-state index is 5.59. The Morgan fingerprint density at radius 1 is 1.65 bits per heavy atom. The van der Waals surface area contributed by atoms with Crippen molar-refractivity contribution in [3.05, 3.63) is 18.0 Å². The van der Waals surface area contributed by atoms with Crippen LogP contribution in [0, 0.1) is 0 Å². The molecule has 0 aromatic carbocycles. The lowest BCUT2D eigenvalue weighted by atomic mass is 10.2. The first-order valence-electron chi connectivity index (χ1n) is 6.66. The van der Waals surface area contributed by atoms with Crippen molar-refractivity contribution in [1.29, 1.82) is 0 Å². The fourth-order valence-corrected chi connectivity index (χ4v) is 2.22. The van der Waals surface area contributed by atoms with Crippen molar-refractivity contribution in [3.8, 4) is 0 Å². The topological polar surface area (TPSA) is 39.1 Å². The van der Waals surface area contributed by atoms with E-state index >= 15 is 0 Å². The number of hydrogen-bond acceptors (Lipinski definition) is 3. The molecule has 0 saturated carbocycles. The summed E-state index contributed by atoms with van der Waals surface area (Å²) >= 11 is 0. The van der Waals surface area contributed by atoms with Crippen LogP contribution in [0.25, 0.3) is 0 Å². The molecule has 1 aliphatic rings. The third kappa shape index (κ3) is 3.30. The molecule has 1 aliphatic heterocycles. The lowest BCUT2D eigenvalue weighted by Crippen LogP contribution is -2.27. The van der Waals surface area contributed by atoms with E-state index in [0.717, 1.165) is 26.1 Å². The molecule has 2 heterocycles. The number of hydrogen-bond donors (Lipinski definition) is 1. The minimum atomic E-state index is 0.412. The molecule has 96 valence electrons. The molecule has 1 N–H and O–H groups in total. The Hall–Kier alpha value is -0.870. The predicted octanol–water partition coefficient (Wildman–Crippen LogP) is 2.12. The standard InChI is InChI=1S/C13H23N3O/c1-3-11(2)16-12(6-7-15-16)9-14-10-13-5-4-8-17-13/h6-7,11,13-14H,3-5,8-10H2,1-2H3/t11-,13+/m1/s1. The van der Waals surface area contributed by atoms with E-state index in [9.17, 15) is 0 Å². The van der Waals surface area contributed by atoms with Crippen molar-refractivity contribution in [3.63, 3.8) is 0 Å². The Morgan fingerprint density at radius 3 is 3.24 bits per heavy atom. The van der Waals surface area contributed by atoms with E-state index in [1.807, 2.05) is 6.20 Å². The molecular weight excluding hydrogens is 214 g/mol. The molecule has 2 atom stereocenters. The SMILES string of the molecule is CC[C@@H](C)n1nccc1CNC[C@@H]1CCCO1.